The summed E-state index contributed by atoms with van der Waals surface area (Å²) in [5.74, 6) is -0.429. The first-order chi connectivity index (χ1) is 14.2. The topological polar surface area (TPSA) is 58.6 Å². The van der Waals surface area contributed by atoms with Crippen LogP contribution in [0.3, 0.4) is 0 Å². The molecule has 1 amide bonds. The average molecular weight is 431 g/mol. The van der Waals surface area contributed by atoms with Crippen LogP contribution in [0.2, 0.25) is 5.02 Å². The van der Waals surface area contributed by atoms with E-state index in [0.717, 1.165) is 36.6 Å². The number of rotatable bonds is 8. The minimum Gasteiger partial charge on any atom is -0.484 e. The van der Waals surface area contributed by atoms with Crippen LogP contribution in [0.5, 0.6) is 5.75 Å². The lowest BCUT2D eigenvalue weighted by Crippen LogP contribution is -2.75. The van der Waals surface area contributed by atoms with Crippen molar-refractivity contribution >= 4 is 29.0 Å². The number of amides is 1. The molecule has 3 aliphatic carbocycles. The summed E-state index contributed by atoms with van der Waals surface area (Å²) in [6.45, 7) is -0.188. The number of nitrogens with one attached hydrogen (secondary N) is 1. The first kappa shape index (κ1) is 20.7. The Morgan fingerprint density at radius 2 is 1.80 bits per heavy atom. The van der Waals surface area contributed by atoms with Gasteiger partial charge in [-0.3, -0.25) is 9.59 Å². The van der Waals surface area contributed by atoms with E-state index in [1.54, 1.807) is 0 Å². The molecule has 0 radical (unpaired) electrons. The lowest BCUT2D eigenvalue weighted by Gasteiger charge is -2.70. The Bertz CT molecular complexity index is 971. The van der Waals surface area contributed by atoms with Gasteiger partial charge >= 0.3 is 0 Å². The average Bonchev–Trinajstić information content (AvgIpc) is 2.66. The molecule has 2 aromatic carbocycles. The van der Waals surface area contributed by atoms with Gasteiger partial charge in [0.25, 0.3) is 5.91 Å². The summed E-state index contributed by atoms with van der Waals surface area (Å²) < 4.78 is 18.8. The summed E-state index contributed by atoms with van der Waals surface area (Å²) in [4.78, 5) is 26.8. The highest BCUT2D eigenvalue weighted by molar-refractivity contribution is 6.30. The quantitative estimate of drug-likeness (QED) is 0.636. The van der Waals surface area contributed by atoms with E-state index in [-0.39, 0.29) is 40.0 Å². The molecular formula is C23H24ClFN2O3. The highest BCUT2D eigenvalue weighted by Crippen LogP contribution is 2.69. The zero-order valence-electron chi connectivity index (χ0n) is 17.0. The lowest BCUT2D eigenvalue weighted by molar-refractivity contribution is -0.164. The second-order valence-corrected chi connectivity index (χ2v) is 9.17. The minimum atomic E-state index is -0.586. The van der Waals surface area contributed by atoms with Crippen molar-refractivity contribution in [3.05, 3.63) is 58.9 Å². The summed E-state index contributed by atoms with van der Waals surface area (Å²) in [5.41, 5.74) is 1.57. The van der Waals surface area contributed by atoms with Crippen molar-refractivity contribution < 1.29 is 18.7 Å². The maximum absolute atomic E-state index is 13.4. The van der Waals surface area contributed by atoms with Gasteiger partial charge in [0.15, 0.2) is 12.4 Å². The fraction of sp³-hybridized carbons (Fsp3) is 0.391. The Morgan fingerprint density at radius 3 is 2.40 bits per heavy atom. The van der Waals surface area contributed by atoms with E-state index in [9.17, 15) is 14.0 Å². The molecule has 7 heteroatoms. The Labute approximate surface area is 180 Å². The van der Waals surface area contributed by atoms with Gasteiger partial charge in [-0.1, -0.05) is 11.6 Å². The zero-order chi connectivity index (χ0) is 21.5. The van der Waals surface area contributed by atoms with Crippen molar-refractivity contribution in [2.45, 2.75) is 31.2 Å². The Kier molecular flexibility index (Phi) is 5.22. The molecule has 3 saturated carbocycles. The first-order valence-corrected chi connectivity index (χ1v) is 10.3. The molecule has 0 saturated heterocycles. The highest BCUT2D eigenvalue weighted by Gasteiger charge is 2.68. The lowest BCUT2D eigenvalue weighted by atomic mass is 9.38. The Balaban J connectivity index is 1.23. The molecule has 2 aromatic rings. The van der Waals surface area contributed by atoms with Gasteiger partial charge in [0.2, 0.25) is 0 Å². The number of hydrogen-bond acceptors (Lipinski definition) is 4. The molecule has 30 heavy (non-hydrogen) atoms. The van der Waals surface area contributed by atoms with Crippen molar-refractivity contribution in [2.24, 2.45) is 5.41 Å². The molecule has 0 unspecified atom stereocenters. The monoisotopic (exact) mass is 430 g/mol. The number of nitrogens with zero attached hydrogens (tertiary/aromatic N) is 1. The third-order valence-electron chi connectivity index (χ3n) is 6.05. The summed E-state index contributed by atoms with van der Waals surface area (Å²) >= 11 is 5.63. The number of hydrogen-bond donors (Lipinski definition) is 1. The van der Waals surface area contributed by atoms with E-state index in [4.69, 9.17) is 16.3 Å². The fourth-order valence-electron chi connectivity index (χ4n) is 4.75. The van der Waals surface area contributed by atoms with E-state index in [2.05, 4.69) is 5.32 Å². The summed E-state index contributed by atoms with van der Waals surface area (Å²) in [6, 6.07) is 11.7. The van der Waals surface area contributed by atoms with Crippen LogP contribution >= 0.6 is 11.6 Å². The number of Topliss-reactive ketones (excluding diaryl/α,β-unsaturated/α-hetero) is 1. The number of halogens is 2. The molecule has 0 heterocycles. The van der Waals surface area contributed by atoms with Crippen molar-refractivity contribution in [3.8, 4) is 5.75 Å². The Morgan fingerprint density at radius 1 is 1.13 bits per heavy atom. The Hall–Kier alpha value is -2.60. The van der Waals surface area contributed by atoms with E-state index >= 15 is 0 Å². The molecular weight excluding hydrogens is 407 g/mol. The highest BCUT2D eigenvalue weighted by atomic mass is 35.5. The molecule has 2 bridgehead atoms. The molecule has 5 nitrogen and oxygen atoms in total. The van der Waals surface area contributed by atoms with Crippen LogP contribution in [-0.2, 0) is 4.79 Å². The van der Waals surface area contributed by atoms with E-state index < -0.39 is 5.82 Å². The minimum absolute atomic E-state index is 0.00471. The van der Waals surface area contributed by atoms with Gasteiger partial charge in [-0.25, -0.2) is 4.39 Å². The molecule has 0 aromatic heterocycles. The van der Waals surface area contributed by atoms with E-state index in [1.807, 2.05) is 43.3 Å². The molecule has 0 spiro atoms. The number of ketones is 1. The van der Waals surface area contributed by atoms with Gasteiger partial charge in [0.1, 0.15) is 11.6 Å². The van der Waals surface area contributed by atoms with Gasteiger partial charge in [0.05, 0.1) is 5.02 Å². The fourth-order valence-corrected chi connectivity index (χ4v) is 4.87. The predicted octanol–water partition coefficient (Wildman–Crippen LogP) is 4.24. The van der Waals surface area contributed by atoms with Crippen LogP contribution in [0.25, 0.3) is 0 Å². The first-order valence-electron chi connectivity index (χ1n) is 9.89. The standard InChI is InChI=1S/C23H24ClFN2O3/c1-27(2)16-5-3-15(4-6-16)20(28)10-22-12-23(13-22,14-22)26-21(29)11-30-17-7-8-18(24)19(25)9-17/h3-9H,10-14H2,1-2H3,(H,26,29). The summed E-state index contributed by atoms with van der Waals surface area (Å²) in [5, 5.41) is 3.02. The second-order valence-electron chi connectivity index (χ2n) is 8.76. The van der Waals surface area contributed by atoms with E-state index in [1.165, 1.54) is 12.1 Å². The van der Waals surface area contributed by atoms with Crippen molar-refractivity contribution in [2.75, 3.05) is 25.6 Å². The van der Waals surface area contributed by atoms with Crippen LogP contribution < -0.4 is 15.0 Å². The number of benzene rings is 2. The summed E-state index contributed by atoms with van der Waals surface area (Å²) in [6.07, 6.45) is 2.93. The normalized spacial score (nSPS) is 23.7. The van der Waals surface area contributed by atoms with Crippen LogP contribution in [0.15, 0.2) is 42.5 Å². The predicted molar refractivity (Wildman–Crippen MR) is 114 cm³/mol. The molecule has 3 fully saturated rings. The molecule has 0 atom stereocenters. The van der Waals surface area contributed by atoms with Crippen molar-refractivity contribution in [1.82, 2.24) is 5.32 Å². The molecule has 5 rings (SSSR count). The number of anilines is 1. The van der Waals surface area contributed by atoms with Crippen LogP contribution in [0.4, 0.5) is 10.1 Å². The van der Waals surface area contributed by atoms with Crippen LogP contribution in [-0.4, -0.2) is 37.9 Å². The van der Waals surface area contributed by atoms with Gasteiger partial charge in [-0.05, 0) is 61.1 Å². The van der Waals surface area contributed by atoms with Crippen molar-refractivity contribution in [1.29, 1.82) is 0 Å². The molecule has 158 valence electrons. The number of carbonyl (C=O) groups is 2. The smallest absolute Gasteiger partial charge is 0.258 e. The zero-order valence-corrected chi connectivity index (χ0v) is 17.8. The van der Waals surface area contributed by atoms with Gasteiger partial charge in [0, 0.05) is 43.4 Å². The summed E-state index contributed by atoms with van der Waals surface area (Å²) in [7, 11) is 3.93. The molecule has 3 aliphatic rings. The maximum Gasteiger partial charge on any atom is 0.258 e. The van der Waals surface area contributed by atoms with Gasteiger partial charge < -0.3 is 15.0 Å². The number of carbonyl (C=O) groups excluding carboxylic acids is 2. The van der Waals surface area contributed by atoms with Gasteiger partial charge in [-0.2, -0.15) is 0 Å². The SMILES string of the molecule is CN(C)c1ccc(C(=O)CC23CC(NC(=O)COc4ccc(Cl)c(F)c4)(C2)C3)cc1. The van der Waals surface area contributed by atoms with Crippen molar-refractivity contribution in [3.63, 3.8) is 0 Å². The van der Waals surface area contributed by atoms with Crippen LogP contribution in [0.1, 0.15) is 36.0 Å². The largest absolute Gasteiger partial charge is 0.484 e. The van der Waals surface area contributed by atoms with Crippen LogP contribution in [0, 0.1) is 11.2 Å². The van der Waals surface area contributed by atoms with E-state index in [0.29, 0.717) is 6.42 Å². The third kappa shape index (κ3) is 4.01. The van der Waals surface area contributed by atoms with Gasteiger partial charge in [-0.15, -0.1) is 0 Å². The maximum atomic E-state index is 13.4. The molecule has 1 N–H and O–H groups in total. The third-order valence-corrected chi connectivity index (χ3v) is 6.35. The number of ether oxygens (including phenoxy) is 1. The molecule has 0 aliphatic heterocycles. The second kappa shape index (κ2) is 7.58.